The van der Waals surface area contributed by atoms with Crippen LogP contribution in [0.5, 0.6) is 0 Å². The van der Waals surface area contributed by atoms with Crippen molar-refractivity contribution in [1.82, 2.24) is 29.7 Å². The van der Waals surface area contributed by atoms with Gasteiger partial charge in [-0.1, -0.05) is 93.9 Å². The van der Waals surface area contributed by atoms with Gasteiger partial charge in [-0.2, -0.15) is 0 Å². The molecule has 0 aliphatic rings. The second-order valence-corrected chi connectivity index (χ2v) is 11.5. The zero-order valence-corrected chi connectivity index (χ0v) is 30.4. The lowest BCUT2D eigenvalue weighted by molar-refractivity contribution is 0.527. The fourth-order valence-corrected chi connectivity index (χ4v) is 4.78. The summed E-state index contributed by atoms with van der Waals surface area (Å²) < 4.78 is 3.69. The number of rotatable bonds is 12. The van der Waals surface area contributed by atoms with E-state index >= 15 is 0 Å². The summed E-state index contributed by atoms with van der Waals surface area (Å²) in [7, 11) is 0. The number of aromatic nitrogens is 4. The van der Waals surface area contributed by atoms with Crippen molar-refractivity contribution in [1.29, 1.82) is 0 Å². The van der Waals surface area contributed by atoms with Crippen molar-refractivity contribution in [2.24, 2.45) is 0 Å². The van der Waals surface area contributed by atoms with Crippen LogP contribution in [0.3, 0.4) is 0 Å². The third kappa shape index (κ3) is 14.1. The number of nitrogens with one attached hydrogen (secondary N) is 2. The van der Waals surface area contributed by atoms with E-state index in [1.54, 1.807) is 12.7 Å². The summed E-state index contributed by atoms with van der Waals surface area (Å²) in [4.78, 5) is 7.90. The molecule has 0 radical (unpaired) electrons. The van der Waals surface area contributed by atoms with Crippen molar-refractivity contribution in [3.05, 3.63) is 103 Å². The highest BCUT2D eigenvalue weighted by Gasteiger charge is 2.08. The zero-order valence-electron chi connectivity index (χ0n) is 23.5. The van der Waals surface area contributed by atoms with E-state index in [1.165, 1.54) is 11.1 Å². The van der Waals surface area contributed by atoms with Gasteiger partial charge in [0.1, 0.15) is 10.3 Å². The minimum absolute atomic E-state index is 0. The number of imidazole rings is 2. The molecule has 0 fully saturated rings. The maximum atomic E-state index is 6.00. The molecule has 15 heteroatoms. The van der Waals surface area contributed by atoms with E-state index in [-0.39, 0.29) is 49.3 Å². The van der Waals surface area contributed by atoms with Gasteiger partial charge in [-0.15, -0.1) is 37.2 Å². The van der Waals surface area contributed by atoms with Gasteiger partial charge < -0.3 is 19.8 Å². The number of benzene rings is 2. The first kappa shape index (κ1) is 42.4. The minimum Gasteiger partial charge on any atom is -0.320 e. The summed E-state index contributed by atoms with van der Waals surface area (Å²) in [5.74, 6) is 0. The molecule has 0 saturated heterocycles. The molecule has 0 aliphatic carbocycles. The Kier molecular flexibility index (Phi) is 21.7. The van der Waals surface area contributed by atoms with Crippen LogP contribution in [0.4, 0.5) is 0 Å². The van der Waals surface area contributed by atoms with Gasteiger partial charge >= 0.3 is 0 Å². The second-order valence-electron chi connectivity index (χ2n) is 9.20. The first-order valence-corrected chi connectivity index (χ1v) is 15.1. The summed E-state index contributed by atoms with van der Waals surface area (Å²) in [6.07, 6.45) is 5.22. The smallest absolute Gasteiger partial charge is 0.166 e. The predicted octanol–water partition coefficient (Wildman–Crippen LogP) is 10.4. The molecule has 2 aromatic heterocycles. The monoisotopic (exact) mass is 770 g/mol. The molecule has 2 N–H and O–H groups in total. The molecule has 43 heavy (non-hydrogen) atoms. The molecule has 0 amide bonds. The van der Waals surface area contributed by atoms with Crippen molar-refractivity contribution in [2.75, 3.05) is 13.1 Å². The molecule has 0 aliphatic heterocycles. The predicted molar refractivity (Wildman–Crippen MR) is 191 cm³/mol. The molecule has 2 unspecified atom stereocenters. The van der Waals surface area contributed by atoms with Gasteiger partial charge in [-0.05, 0) is 75.2 Å². The quantitative estimate of drug-likeness (QED) is 0.141. The first-order chi connectivity index (χ1) is 19.2. The van der Waals surface area contributed by atoms with E-state index in [0.717, 1.165) is 49.1 Å². The number of hydrogen-bond donors (Lipinski definition) is 2. The van der Waals surface area contributed by atoms with Crippen molar-refractivity contribution in [3.8, 4) is 0 Å². The summed E-state index contributed by atoms with van der Waals surface area (Å²) in [5, 5.41) is 10.1. The third-order valence-corrected chi connectivity index (χ3v) is 8.30. The molecule has 4 aromatic rings. The van der Waals surface area contributed by atoms with Crippen LogP contribution in [-0.4, -0.2) is 32.2 Å². The van der Waals surface area contributed by atoms with Gasteiger partial charge in [-0.3, -0.25) is 0 Å². The van der Waals surface area contributed by atoms with Crippen LogP contribution in [0.15, 0.2) is 61.2 Å². The van der Waals surface area contributed by atoms with E-state index in [2.05, 4.69) is 34.4 Å². The Morgan fingerprint density at radius 2 is 0.907 bits per heavy atom. The molecule has 0 bridgehead atoms. The molecule has 2 atom stereocenters. The van der Waals surface area contributed by atoms with E-state index < -0.39 is 0 Å². The maximum Gasteiger partial charge on any atom is 0.166 e. The van der Waals surface area contributed by atoms with Crippen LogP contribution in [0.1, 0.15) is 49.9 Å². The molecule has 0 saturated carbocycles. The fraction of sp³-hybridized carbons (Fsp3) is 0.357. The lowest BCUT2D eigenvalue weighted by atomic mass is 10.1. The Balaban J connectivity index is 0.000000767. The number of aryl methyl sites for hydroxylation is 2. The Bertz CT molecular complexity index is 1210. The topological polar surface area (TPSA) is 59.7 Å². The standard InChI is InChI=1S/2C14H16Cl3N3.3ClH/c2*1-10(11-3-5-12(15)6-4-11)18-7-2-8-20-9-19-13(16)14(20)17;;;/h2*3-6,9-10,18H,2,7-8H2,1H3;3*1H. The summed E-state index contributed by atoms with van der Waals surface area (Å²) >= 11 is 35.3. The number of nitrogens with zero attached hydrogens (tertiary/aromatic N) is 4. The highest BCUT2D eigenvalue weighted by molar-refractivity contribution is 6.41. The van der Waals surface area contributed by atoms with Gasteiger partial charge in [0, 0.05) is 35.2 Å². The van der Waals surface area contributed by atoms with Gasteiger partial charge in [0.05, 0.1) is 12.7 Å². The molecule has 6 nitrogen and oxygen atoms in total. The molecule has 4 rings (SSSR count). The van der Waals surface area contributed by atoms with E-state index in [9.17, 15) is 0 Å². The van der Waals surface area contributed by atoms with Crippen molar-refractivity contribution < 1.29 is 0 Å². The van der Waals surface area contributed by atoms with Gasteiger partial charge in [0.25, 0.3) is 0 Å². The third-order valence-electron chi connectivity index (χ3n) is 6.26. The van der Waals surface area contributed by atoms with Gasteiger partial charge in [0.2, 0.25) is 0 Å². The lowest BCUT2D eigenvalue weighted by Crippen LogP contribution is -2.20. The van der Waals surface area contributed by atoms with E-state index in [1.807, 2.05) is 57.7 Å². The highest BCUT2D eigenvalue weighted by Crippen LogP contribution is 2.21. The molecule has 2 heterocycles. The SMILES string of the molecule is CC(NCCCn1cnc(Cl)c1Cl)c1ccc(Cl)cc1.CC(NCCCn1cnc(Cl)c1Cl)c1ccc(Cl)cc1.Cl.Cl.Cl. The Morgan fingerprint density at radius 1 is 0.581 bits per heavy atom. The van der Waals surface area contributed by atoms with Crippen LogP contribution in [-0.2, 0) is 13.1 Å². The molecule has 240 valence electrons. The summed E-state index contributed by atoms with van der Waals surface area (Å²) in [5.41, 5.74) is 2.44. The Labute approximate surface area is 302 Å². The van der Waals surface area contributed by atoms with Crippen molar-refractivity contribution >= 4 is 107 Å². The van der Waals surface area contributed by atoms with E-state index in [0.29, 0.717) is 20.6 Å². The average Bonchev–Trinajstić information content (AvgIpc) is 3.44. The van der Waals surface area contributed by atoms with Crippen molar-refractivity contribution in [2.45, 2.75) is 51.9 Å². The van der Waals surface area contributed by atoms with Crippen molar-refractivity contribution in [3.63, 3.8) is 0 Å². The number of hydrogen-bond acceptors (Lipinski definition) is 4. The van der Waals surface area contributed by atoms with Crippen LogP contribution in [0, 0.1) is 0 Å². The zero-order chi connectivity index (χ0) is 29.1. The van der Waals surface area contributed by atoms with Crippen LogP contribution >= 0.6 is 107 Å². The summed E-state index contributed by atoms with van der Waals surface area (Å²) in [6, 6.07) is 16.3. The van der Waals surface area contributed by atoms with E-state index in [4.69, 9.17) is 69.6 Å². The van der Waals surface area contributed by atoms with Crippen LogP contribution < -0.4 is 10.6 Å². The normalized spacial score (nSPS) is 11.7. The number of halogens is 9. The minimum atomic E-state index is 0. The first-order valence-electron chi connectivity index (χ1n) is 12.9. The molecular formula is C28H35Cl9N6. The Morgan fingerprint density at radius 3 is 1.19 bits per heavy atom. The van der Waals surface area contributed by atoms with Crippen LogP contribution in [0.25, 0.3) is 0 Å². The largest absolute Gasteiger partial charge is 0.320 e. The maximum absolute atomic E-state index is 6.00. The highest BCUT2D eigenvalue weighted by atomic mass is 35.5. The summed E-state index contributed by atoms with van der Waals surface area (Å²) in [6.45, 7) is 7.61. The molecular weight excluding hydrogens is 739 g/mol. The Hall–Kier alpha value is -0.610. The molecule has 0 spiro atoms. The second kappa shape index (κ2) is 22.0. The van der Waals surface area contributed by atoms with Crippen LogP contribution in [0.2, 0.25) is 30.7 Å². The van der Waals surface area contributed by atoms with Gasteiger partial charge in [-0.25, -0.2) is 9.97 Å². The average molecular weight is 775 g/mol. The lowest BCUT2D eigenvalue weighted by Gasteiger charge is -2.14. The fourth-order valence-electron chi connectivity index (χ4n) is 3.87. The molecule has 2 aromatic carbocycles. The van der Waals surface area contributed by atoms with Gasteiger partial charge in [0.15, 0.2) is 10.3 Å².